The van der Waals surface area contributed by atoms with Gasteiger partial charge in [-0.2, -0.15) is 0 Å². The number of Topliss-reactive ketones (excluding diaryl/α,β-unsaturated/α-hetero) is 1. The first kappa shape index (κ1) is 60.5. The van der Waals surface area contributed by atoms with E-state index in [4.69, 9.17) is 14.2 Å². The summed E-state index contributed by atoms with van der Waals surface area (Å²) in [6.45, 7) is 13.4. The third-order valence-corrected chi connectivity index (χ3v) is 17.6. The molecule has 4 rings (SSSR count). The summed E-state index contributed by atoms with van der Waals surface area (Å²) in [6, 6.07) is 0. The zero-order valence-electron chi connectivity index (χ0n) is 45.1. The molecular formula is C59H102FNO9. The number of carbonyl (C=O) groups excluding carboxylic acids is 3. The number of ether oxygens (including phenoxy) is 3. The number of hydrogen-bond donors (Lipinski definition) is 3. The number of nitrogens with zero attached hydrogens (tertiary/aromatic N) is 1. The van der Waals surface area contributed by atoms with Gasteiger partial charge < -0.3 is 34.4 Å². The lowest BCUT2D eigenvalue weighted by Crippen LogP contribution is -2.69. The number of unbranched alkanes of at least 4 members (excludes halogenated alkanes) is 21. The molecule has 0 amide bonds. The summed E-state index contributed by atoms with van der Waals surface area (Å²) in [5, 5.41) is 33.7. The normalized spacial score (nSPS) is 28.3. The van der Waals surface area contributed by atoms with E-state index in [-0.39, 0.29) is 37.4 Å². The predicted molar refractivity (Wildman–Crippen MR) is 279 cm³/mol. The number of hydrogen-bond acceptors (Lipinski definition) is 10. The highest BCUT2D eigenvalue weighted by atomic mass is 19.1. The van der Waals surface area contributed by atoms with E-state index in [9.17, 15) is 29.7 Å². The number of esters is 1. The Kier molecular flexibility index (Phi) is 27.4. The second-order valence-corrected chi connectivity index (χ2v) is 22.7. The second-order valence-electron chi connectivity index (χ2n) is 22.7. The largest absolute Gasteiger partial charge is 0.458 e. The van der Waals surface area contributed by atoms with Crippen LogP contribution in [0.4, 0.5) is 4.39 Å². The van der Waals surface area contributed by atoms with E-state index in [1.54, 1.807) is 26.8 Å². The molecule has 8 unspecified atom stereocenters. The fraction of sp³-hybridized carbons (Fsp3) is 0.881. The van der Waals surface area contributed by atoms with Crippen LogP contribution in [0.25, 0.3) is 0 Å². The number of alkyl halides is 1. The van der Waals surface area contributed by atoms with E-state index in [0.29, 0.717) is 37.8 Å². The molecule has 0 saturated heterocycles. The first-order chi connectivity index (χ1) is 33.7. The molecule has 10 nitrogen and oxygen atoms in total. The van der Waals surface area contributed by atoms with Gasteiger partial charge in [-0.15, -0.1) is 0 Å². The van der Waals surface area contributed by atoms with Crippen molar-refractivity contribution in [1.82, 2.24) is 4.90 Å². The van der Waals surface area contributed by atoms with Crippen LogP contribution in [-0.4, -0.2) is 107 Å². The molecule has 0 bridgehead atoms. The summed E-state index contributed by atoms with van der Waals surface area (Å²) in [7, 11) is 0. The Bertz CT molecular complexity index is 1570. The van der Waals surface area contributed by atoms with Crippen molar-refractivity contribution >= 4 is 17.5 Å². The van der Waals surface area contributed by atoms with E-state index in [2.05, 4.69) is 18.7 Å². The minimum absolute atomic E-state index is 0.115. The highest BCUT2D eigenvalue weighted by molar-refractivity contribution is 6.01. The van der Waals surface area contributed by atoms with Crippen LogP contribution < -0.4 is 0 Å². The predicted octanol–water partition coefficient (Wildman–Crippen LogP) is 12.7. The minimum atomic E-state index is -2.05. The van der Waals surface area contributed by atoms with Crippen molar-refractivity contribution in [1.29, 1.82) is 0 Å². The maximum atomic E-state index is 17.5. The Morgan fingerprint density at radius 3 is 1.86 bits per heavy atom. The van der Waals surface area contributed by atoms with E-state index in [1.165, 1.54) is 115 Å². The Labute approximate surface area is 425 Å². The summed E-state index contributed by atoms with van der Waals surface area (Å²) in [5.41, 5.74) is -5.52. The van der Waals surface area contributed by atoms with Crippen molar-refractivity contribution < 1.29 is 48.3 Å². The van der Waals surface area contributed by atoms with Crippen LogP contribution >= 0.6 is 0 Å². The van der Waals surface area contributed by atoms with Gasteiger partial charge in [0.25, 0.3) is 0 Å². The number of fused-ring (bicyclic) bond motifs is 5. The highest BCUT2D eigenvalue weighted by Crippen LogP contribution is 2.70. The highest BCUT2D eigenvalue weighted by Gasteiger charge is 2.75. The summed E-state index contributed by atoms with van der Waals surface area (Å²) in [6.07, 6.45) is 35.1. The zero-order chi connectivity index (χ0) is 50.9. The van der Waals surface area contributed by atoms with Crippen LogP contribution in [-0.2, 0) is 28.6 Å². The van der Waals surface area contributed by atoms with E-state index in [1.807, 2.05) is 0 Å². The Hall–Kier alpha value is -2.02. The quantitative estimate of drug-likeness (QED) is 0.0308. The van der Waals surface area contributed by atoms with E-state index in [0.717, 1.165) is 84.1 Å². The number of allylic oxidation sites excluding steroid dienone is 4. The van der Waals surface area contributed by atoms with Gasteiger partial charge in [0.05, 0.1) is 12.7 Å². The smallest absolute Gasteiger partial charge is 0.306 e. The molecule has 70 heavy (non-hydrogen) atoms. The molecule has 11 heteroatoms. The molecule has 0 aliphatic heterocycles. The topological polar surface area (TPSA) is 143 Å². The van der Waals surface area contributed by atoms with Gasteiger partial charge in [-0.05, 0) is 115 Å². The van der Waals surface area contributed by atoms with Crippen LogP contribution in [0, 0.1) is 28.6 Å². The fourth-order valence-corrected chi connectivity index (χ4v) is 13.2. The molecule has 8 atom stereocenters. The van der Waals surface area contributed by atoms with Gasteiger partial charge in [0.2, 0.25) is 5.78 Å². The fourth-order valence-electron chi connectivity index (χ4n) is 13.2. The van der Waals surface area contributed by atoms with Gasteiger partial charge >= 0.3 is 5.97 Å². The molecule has 4 aliphatic carbocycles. The monoisotopic (exact) mass is 988 g/mol. The van der Waals surface area contributed by atoms with E-state index < -0.39 is 58.4 Å². The number of aliphatic hydroxyl groups is 3. The number of halogens is 1. The molecule has 0 aromatic rings. The first-order valence-electron chi connectivity index (χ1n) is 29.0. The standard InChI is InChI=1S/C59H102FNO9/c1-6-8-10-12-14-16-18-22-29-41-68-55(69-42-30-23-19-17-15-13-11-9-7-2)32-26-24-28-38-61(39-40-62)37-27-21-20-25-31-54(66)70-46-53(65)59(67)47(3)43-51-50-34-33-48-44-49(63)35-36-56(48,4)58(50,60)52(64)45-57(51,59)5/h35-36,44,47,50-52,55,62,64,67H,6-34,37-43,45-46H2,1-5H3. The maximum Gasteiger partial charge on any atom is 0.306 e. The van der Waals surface area contributed by atoms with Crippen molar-refractivity contribution in [3.05, 3.63) is 23.8 Å². The van der Waals surface area contributed by atoms with Crippen molar-refractivity contribution in [2.45, 2.75) is 257 Å². The third kappa shape index (κ3) is 16.7. The summed E-state index contributed by atoms with van der Waals surface area (Å²) >= 11 is 0. The van der Waals surface area contributed by atoms with Gasteiger partial charge in [-0.25, -0.2) is 4.39 Å². The Balaban J connectivity index is 1.11. The van der Waals surface area contributed by atoms with Crippen molar-refractivity contribution in [3.63, 3.8) is 0 Å². The minimum Gasteiger partial charge on any atom is -0.458 e. The molecule has 0 spiro atoms. The van der Waals surface area contributed by atoms with Gasteiger partial charge in [-0.1, -0.05) is 161 Å². The SMILES string of the molecule is CCCCCCCCCCCOC(CCCCCN(CCO)CCCCCCC(=O)OCC(=O)C1(O)C(C)CC2C3CCC4=CC(=O)C=CC4(C)C3(F)C(O)CC21C)OCCCCCCCCCCC. The lowest BCUT2D eigenvalue weighted by molar-refractivity contribution is -0.220. The summed E-state index contributed by atoms with van der Waals surface area (Å²) < 4.78 is 35.6. The molecule has 0 heterocycles. The molecule has 0 aromatic heterocycles. The molecule has 404 valence electrons. The summed E-state index contributed by atoms with van der Waals surface area (Å²) in [4.78, 5) is 41.3. The molecule has 0 radical (unpaired) electrons. The Morgan fingerprint density at radius 1 is 0.757 bits per heavy atom. The second kappa shape index (κ2) is 31.7. The number of ketones is 2. The lowest BCUT2D eigenvalue weighted by atomic mass is 9.44. The number of aliphatic hydroxyl groups excluding tert-OH is 2. The van der Waals surface area contributed by atoms with Crippen LogP contribution in [0.5, 0.6) is 0 Å². The average molecular weight is 988 g/mol. The van der Waals surface area contributed by atoms with Gasteiger partial charge in [0.1, 0.15) is 5.60 Å². The van der Waals surface area contributed by atoms with Crippen LogP contribution in [0.3, 0.4) is 0 Å². The number of carbonyl (C=O) groups is 3. The Morgan fingerprint density at radius 2 is 1.29 bits per heavy atom. The molecular weight excluding hydrogens is 886 g/mol. The van der Waals surface area contributed by atoms with E-state index >= 15 is 4.39 Å². The molecule has 0 aromatic carbocycles. The zero-order valence-corrected chi connectivity index (χ0v) is 45.1. The first-order valence-corrected chi connectivity index (χ1v) is 29.0. The molecule has 4 aliphatic rings. The van der Waals surface area contributed by atoms with Crippen LogP contribution in [0.15, 0.2) is 23.8 Å². The number of rotatable bonds is 40. The van der Waals surface area contributed by atoms with Gasteiger partial charge in [0, 0.05) is 42.9 Å². The van der Waals surface area contributed by atoms with Crippen LogP contribution in [0.1, 0.15) is 234 Å². The summed E-state index contributed by atoms with van der Waals surface area (Å²) in [5.74, 6) is -2.78. The average Bonchev–Trinajstić information content (AvgIpc) is 3.54. The van der Waals surface area contributed by atoms with Gasteiger partial charge in [-0.3, -0.25) is 14.4 Å². The third-order valence-electron chi connectivity index (χ3n) is 17.6. The van der Waals surface area contributed by atoms with Crippen LogP contribution in [0.2, 0.25) is 0 Å². The van der Waals surface area contributed by atoms with Gasteiger partial charge in [0.15, 0.2) is 24.3 Å². The lowest BCUT2D eigenvalue weighted by Gasteiger charge is -2.62. The van der Waals surface area contributed by atoms with Crippen molar-refractivity contribution in [2.75, 3.05) is 46.1 Å². The van der Waals surface area contributed by atoms with Crippen molar-refractivity contribution in [3.8, 4) is 0 Å². The molecule has 3 N–H and O–H groups in total. The maximum absolute atomic E-state index is 17.5. The molecule has 3 fully saturated rings. The van der Waals surface area contributed by atoms with Crippen molar-refractivity contribution in [2.24, 2.45) is 28.6 Å². The molecule has 3 saturated carbocycles.